The number of halogens is 1. The number of hydrogen-bond acceptors (Lipinski definition) is 4. The molecular weight excluding hydrogens is 232 g/mol. The van der Waals surface area contributed by atoms with Gasteiger partial charge in [0.05, 0.1) is 18.8 Å². The molecule has 0 bridgehead atoms. The van der Waals surface area contributed by atoms with Crippen molar-refractivity contribution in [1.29, 1.82) is 0 Å². The molecule has 0 aliphatic rings. The molecule has 1 rings (SSSR count). The third kappa shape index (κ3) is 4.51. The molecule has 16 heavy (non-hydrogen) atoms. The van der Waals surface area contributed by atoms with Crippen LogP contribution in [0, 0.1) is 0 Å². The van der Waals surface area contributed by atoms with E-state index in [9.17, 15) is 4.79 Å². The van der Waals surface area contributed by atoms with Gasteiger partial charge in [-0.15, -0.1) is 11.6 Å². The number of phenolic OH excluding ortho intramolecular Hbond substituents is 1. The van der Waals surface area contributed by atoms with Crippen molar-refractivity contribution in [2.45, 2.75) is 0 Å². The van der Waals surface area contributed by atoms with Crippen molar-refractivity contribution in [3.8, 4) is 5.75 Å². The van der Waals surface area contributed by atoms with E-state index >= 15 is 0 Å². The standard InChI is InChI=1S/C11H13ClO4/c12-5-6-15-7-8-16-11(14)9-1-3-10(13)4-2-9/h1-4,13H,5-8H2. The van der Waals surface area contributed by atoms with Crippen LogP contribution in [0.1, 0.15) is 10.4 Å². The molecule has 1 aromatic rings. The van der Waals surface area contributed by atoms with E-state index < -0.39 is 5.97 Å². The van der Waals surface area contributed by atoms with E-state index in [1.165, 1.54) is 24.3 Å². The first kappa shape index (κ1) is 12.8. The molecule has 1 aromatic carbocycles. The summed E-state index contributed by atoms with van der Waals surface area (Å²) in [5.74, 6) is 0.0998. The van der Waals surface area contributed by atoms with Gasteiger partial charge in [-0.1, -0.05) is 0 Å². The Morgan fingerprint density at radius 1 is 1.19 bits per heavy atom. The van der Waals surface area contributed by atoms with E-state index in [1.807, 2.05) is 0 Å². The number of aromatic hydroxyl groups is 1. The Kier molecular flexibility index (Phi) is 5.67. The highest BCUT2D eigenvalue weighted by Crippen LogP contribution is 2.10. The summed E-state index contributed by atoms with van der Waals surface area (Å²) in [7, 11) is 0. The van der Waals surface area contributed by atoms with E-state index in [2.05, 4.69) is 0 Å². The second-order valence-electron chi connectivity index (χ2n) is 2.98. The molecule has 0 aromatic heterocycles. The van der Waals surface area contributed by atoms with Crippen LogP contribution in [0.5, 0.6) is 5.75 Å². The molecule has 0 saturated heterocycles. The van der Waals surface area contributed by atoms with E-state index in [0.29, 0.717) is 24.7 Å². The number of ether oxygens (including phenoxy) is 2. The number of hydrogen-bond donors (Lipinski definition) is 1. The summed E-state index contributed by atoms with van der Waals surface area (Å²) in [4.78, 5) is 11.4. The quantitative estimate of drug-likeness (QED) is 0.471. The van der Waals surface area contributed by atoms with Crippen LogP contribution in [0.3, 0.4) is 0 Å². The fourth-order valence-electron chi connectivity index (χ4n) is 1.03. The Balaban J connectivity index is 2.27. The van der Waals surface area contributed by atoms with Crippen molar-refractivity contribution in [2.24, 2.45) is 0 Å². The molecule has 0 spiro atoms. The topological polar surface area (TPSA) is 55.8 Å². The Morgan fingerprint density at radius 2 is 1.88 bits per heavy atom. The summed E-state index contributed by atoms with van der Waals surface area (Å²) in [6.07, 6.45) is 0. The van der Waals surface area contributed by atoms with Gasteiger partial charge in [-0.2, -0.15) is 0 Å². The molecule has 0 atom stereocenters. The lowest BCUT2D eigenvalue weighted by molar-refractivity contribution is 0.0338. The number of benzene rings is 1. The van der Waals surface area contributed by atoms with E-state index in [0.717, 1.165) is 0 Å². The average molecular weight is 245 g/mol. The molecule has 0 heterocycles. The van der Waals surface area contributed by atoms with Crippen molar-refractivity contribution < 1.29 is 19.4 Å². The molecule has 0 unspecified atom stereocenters. The summed E-state index contributed by atoms with van der Waals surface area (Å²) in [6.45, 7) is 0.964. The summed E-state index contributed by atoms with van der Waals surface area (Å²) < 4.78 is 9.96. The lowest BCUT2D eigenvalue weighted by atomic mass is 10.2. The van der Waals surface area contributed by atoms with Gasteiger partial charge in [0.25, 0.3) is 0 Å². The minimum atomic E-state index is -0.436. The summed E-state index contributed by atoms with van der Waals surface area (Å²) in [6, 6.07) is 5.86. The van der Waals surface area contributed by atoms with Crippen LogP contribution < -0.4 is 0 Å². The lowest BCUT2D eigenvalue weighted by Crippen LogP contribution is -2.11. The molecular formula is C11H13ClO4. The molecule has 0 aliphatic heterocycles. The van der Waals surface area contributed by atoms with Gasteiger partial charge < -0.3 is 14.6 Å². The van der Waals surface area contributed by atoms with Gasteiger partial charge >= 0.3 is 5.97 Å². The van der Waals surface area contributed by atoms with Gasteiger partial charge in [-0.05, 0) is 24.3 Å². The first-order valence-electron chi connectivity index (χ1n) is 4.84. The zero-order chi connectivity index (χ0) is 11.8. The Bertz CT molecular complexity index is 323. The molecule has 0 amide bonds. The van der Waals surface area contributed by atoms with Gasteiger partial charge in [0.1, 0.15) is 12.4 Å². The smallest absolute Gasteiger partial charge is 0.338 e. The highest BCUT2D eigenvalue weighted by Gasteiger charge is 2.05. The minimum Gasteiger partial charge on any atom is -0.508 e. The van der Waals surface area contributed by atoms with Crippen molar-refractivity contribution in [2.75, 3.05) is 25.7 Å². The first-order chi connectivity index (χ1) is 7.74. The first-order valence-corrected chi connectivity index (χ1v) is 5.37. The van der Waals surface area contributed by atoms with Gasteiger partial charge in [0.15, 0.2) is 0 Å². The SMILES string of the molecule is O=C(OCCOCCCl)c1ccc(O)cc1. The molecule has 88 valence electrons. The predicted octanol–water partition coefficient (Wildman–Crippen LogP) is 1.80. The van der Waals surface area contributed by atoms with E-state index in [1.54, 1.807) is 0 Å². The van der Waals surface area contributed by atoms with Gasteiger partial charge in [0, 0.05) is 5.88 Å². The van der Waals surface area contributed by atoms with Crippen LogP contribution in [0.25, 0.3) is 0 Å². The van der Waals surface area contributed by atoms with Crippen molar-refractivity contribution >= 4 is 17.6 Å². The fourth-order valence-corrected chi connectivity index (χ4v) is 1.14. The zero-order valence-electron chi connectivity index (χ0n) is 8.69. The van der Waals surface area contributed by atoms with Crippen molar-refractivity contribution in [3.63, 3.8) is 0 Å². The highest BCUT2D eigenvalue weighted by atomic mass is 35.5. The third-order valence-electron chi connectivity index (χ3n) is 1.79. The van der Waals surface area contributed by atoms with Crippen LogP contribution in [0.2, 0.25) is 0 Å². The molecule has 4 nitrogen and oxygen atoms in total. The van der Waals surface area contributed by atoms with Gasteiger partial charge in [-0.3, -0.25) is 0 Å². The molecule has 0 aliphatic carbocycles. The van der Waals surface area contributed by atoms with Gasteiger partial charge in [0.2, 0.25) is 0 Å². The molecule has 0 fully saturated rings. The number of phenols is 1. The number of esters is 1. The molecule has 1 N–H and O–H groups in total. The zero-order valence-corrected chi connectivity index (χ0v) is 9.44. The molecule has 0 radical (unpaired) electrons. The van der Waals surface area contributed by atoms with E-state index in [4.69, 9.17) is 26.2 Å². The maximum atomic E-state index is 11.4. The highest BCUT2D eigenvalue weighted by molar-refractivity contribution is 6.17. The Morgan fingerprint density at radius 3 is 2.50 bits per heavy atom. The van der Waals surface area contributed by atoms with Crippen LogP contribution in [0.15, 0.2) is 24.3 Å². The van der Waals surface area contributed by atoms with Crippen molar-refractivity contribution in [1.82, 2.24) is 0 Å². The van der Waals surface area contributed by atoms with Crippen LogP contribution >= 0.6 is 11.6 Å². The lowest BCUT2D eigenvalue weighted by Gasteiger charge is -2.05. The maximum absolute atomic E-state index is 11.4. The number of carbonyl (C=O) groups is 1. The second kappa shape index (κ2) is 7.09. The maximum Gasteiger partial charge on any atom is 0.338 e. The molecule has 0 saturated carbocycles. The monoisotopic (exact) mass is 244 g/mol. The Labute approximate surface area is 98.7 Å². The van der Waals surface area contributed by atoms with E-state index in [-0.39, 0.29) is 12.4 Å². The Hall–Kier alpha value is -1.26. The van der Waals surface area contributed by atoms with Crippen molar-refractivity contribution in [3.05, 3.63) is 29.8 Å². The van der Waals surface area contributed by atoms with Gasteiger partial charge in [-0.25, -0.2) is 4.79 Å². The number of alkyl halides is 1. The molecule has 5 heteroatoms. The van der Waals surface area contributed by atoms with Crippen LogP contribution in [-0.4, -0.2) is 36.8 Å². The summed E-state index contributed by atoms with van der Waals surface area (Å²) >= 11 is 5.40. The number of rotatable bonds is 6. The summed E-state index contributed by atoms with van der Waals surface area (Å²) in [5.41, 5.74) is 0.398. The average Bonchev–Trinajstić information content (AvgIpc) is 2.29. The number of carbonyl (C=O) groups excluding carboxylic acids is 1. The third-order valence-corrected chi connectivity index (χ3v) is 1.94. The minimum absolute atomic E-state index is 0.113. The van der Waals surface area contributed by atoms with Crippen LogP contribution in [-0.2, 0) is 9.47 Å². The predicted molar refractivity (Wildman–Crippen MR) is 59.9 cm³/mol. The fraction of sp³-hybridized carbons (Fsp3) is 0.364. The largest absolute Gasteiger partial charge is 0.508 e. The second-order valence-corrected chi connectivity index (χ2v) is 3.36. The normalized spacial score (nSPS) is 10.1. The summed E-state index contributed by atoms with van der Waals surface area (Å²) in [5, 5.41) is 9.03. The van der Waals surface area contributed by atoms with Crippen LogP contribution in [0.4, 0.5) is 0 Å².